The van der Waals surface area contributed by atoms with E-state index in [1.54, 1.807) is 30.3 Å². The van der Waals surface area contributed by atoms with Crippen molar-refractivity contribution < 1.29 is 32.2 Å². The van der Waals surface area contributed by atoms with Crippen molar-refractivity contribution in [2.75, 3.05) is 0 Å². The molecule has 4 rings (SSSR count). The van der Waals surface area contributed by atoms with Gasteiger partial charge >= 0.3 is 12.1 Å². The van der Waals surface area contributed by atoms with E-state index in [4.69, 9.17) is 4.74 Å². The highest BCUT2D eigenvalue weighted by atomic mass is 19.4. The van der Waals surface area contributed by atoms with Crippen LogP contribution in [0.3, 0.4) is 0 Å². The highest BCUT2D eigenvalue weighted by Crippen LogP contribution is 2.31. The third-order valence-electron chi connectivity index (χ3n) is 5.90. The molecule has 4 aromatic rings. The maximum absolute atomic E-state index is 14.6. The highest BCUT2D eigenvalue weighted by Gasteiger charge is 2.30. The van der Waals surface area contributed by atoms with Gasteiger partial charge in [-0.25, -0.2) is 18.9 Å². The topological polar surface area (TPSA) is 77.2 Å². The van der Waals surface area contributed by atoms with E-state index in [1.807, 2.05) is 12.1 Å². The van der Waals surface area contributed by atoms with Crippen molar-refractivity contribution in [3.63, 3.8) is 0 Å². The molecule has 0 saturated carbocycles. The first-order chi connectivity index (χ1) is 17.9. The van der Waals surface area contributed by atoms with Crippen LogP contribution in [0.1, 0.15) is 37.2 Å². The zero-order chi connectivity index (χ0) is 27.5. The number of nitrogens with zero attached hydrogens (tertiary/aromatic N) is 3. The lowest BCUT2D eigenvalue weighted by Crippen LogP contribution is -2.37. The predicted octanol–water partition coefficient (Wildman–Crippen LogP) is 6.51. The van der Waals surface area contributed by atoms with E-state index in [-0.39, 0.29) is 11.5 Å². The smallest absolute Gasteiger partial charge is 0.416 e. The molecular weight excluding hydrogens is 502 g/mol. The summed E-state index contributed by atoms with van der Waals surface area (Å²) < 4.78 is 60.3. The Hall–Kier alpha value is -4.21. The molecule has 0 unspecified atom stereocenters. The van der Waals surface area contributed by atoms with Gasteiger partial charge in [0, 0.05) is 12.0 Å². The van der Waals surface area contributed by atoms with Crippen molar-refractivity contribution >= 4 is 5.97 Å². The van der Waals surface area contributed by atoms with E-state index in [0.717, 1.165) is 17.7 Å². The van der Waals surface area contributed by atoms with Crippen LogP contribution >= 0.6 is 0 Å². The number of para-hydroxylation sites is 1. The first-order valence-electron chi connectivity index (χ1n) is 11.8. The Bertz CT molecular complexity index is 1410. The van der Waals surface area contributed by atoms with Gasteiger partial charge in [0.05, 0.1) is 5.56 Å². The zero-order valence-electron chi connectivity index (χ0n) is 20.7. The van der Waals surface area contributed by atoms with Crippen molar-refractivity contribution in [3.8, 4) is 22.8 Å². The summed E-state index contributed by atoms with van der Waals surface area (Å²) in [5, 5.41) is 13.6. The molecule has 0 bridgehead atoms. The molecule has 3 aromatic carbocycles. The van der Waals surface area contributed by atoms with Crippen molar-refractivity contribution in [2.45, 2.75) is 44.9 Å². The van der Waals surface area contributed by atoms with Crippen molar-refractivity contribution in [3.05, 3.63) is 95.6 Å². The summed E-state index contributed by atoms with van der Waals surface area (Å²) in [5.74, 6) is -0.483. The molecule has 0 saturated heterocycles. The number of carboxylic acids is 1. The SMILES string of the molecule is CC(C)(Oc1ccc(CCCc2nc(-c3ccc(C(F)(F)F)cc3)nn2-c2ccccc2F)cc1)C(=O)O. The molecule has 1 N–H and O–H groups in total. The normalized spacial score (nSPS) is 11.9. The number of carbonyl (C=O) groups is 1. The first-order valence-corrected chi connectivity index (χ1v) is 11.8. The largest absolute Gasteiger partial charge is 0.478 e. The monoisotopic (exact) mass is 527 g/mol. The minimum absolute atomic E-state index is 0.190. The van der Waals surface area contributed by atoms with E-state index >= 15 is 0 Å². The third kappa shape index (κ3) is 6.19. The molecule has 6 nitrogen and oxygen atoms in total. The minimum Gasteiger partial charge on any atom is -0.478 e. The Morgan fingerprint density at radius 3 is 2.21 bits per heavy atom. The number of hydrogen-bond acceptors (Lipinski definition) is 4. The predicted molar refractivity (Wildman–Crippen MR) is 133 cm³/mol. The van der Waals surface area contributed by atoms with Gasteiger partial charge in [0.25, 0.3) is 0 Å². The lowest BCUT2D eigenvalue weighted by Gasteiger charge is -2.21. The lowest BCUT2D eigenvalue weighted by molar-refractivity contribution is -0.152. The number of aliphatic carboxylic acids is 1. The third-order valence-corrected chi connectivity index (χ3v) is 5.90. The van der Waals surface area contributed by atoms with Crippen LogP contribution in [0, 0.1) is 5.82 Å². The fourth-order valence-electron chi connectivity index (χ4n) is 3.77. The second kappa shape index (κ2) is 10.6. The number of ether oxygens (including phenoxy) is 1. The number of alkyl halides is 3. The fraction of sp³-hybridized carbons (Fsp3) is 0.250. The Morgan fingerprint density at radius 2 is 1.61 bits per heavy atom. The molecule has 10 heteroatoms. The van der Waals surface area contributed by atoms with Gasteiger partial charge in [0.2, 0.25) is 0 Å². The molecule has 0 aliphatic heterocycles. The van der Waals surface area contributed by atoms with Crippen LogP contribution in [0.5, 0.6) is 5.75 Å². The van der Waals surface area contributed by atoms with Gasteiger partial charge in [-0.05, 0) is 68.7 Å². The van der Waals surface area contributed by atoms with Crippen LogP contribution in [-0.2, 0) is 23.8 Å². The molecule has 198 valence electrons. The molecule has 0 aliphatic carbocycles. The number of carboxylic acid groups (broad SMARTS) is 1. The Balaban J connectivity index is 1.52. The van der Waals surface area contributed by atoms with E-state index in [0.29, 0.717) is 36.4 Å². The quantitative estimate of drug-likeness (QED) is 0.251. The van der Waals surface area contributed by atoms with Crippen LogP contribution in [0.2, 0.25) is 0 Å². The fourth-order valence-corrected chi connectivity index (χ4v) is 3.77. The van der Waals surface area contributed by atoms with E-state index < -0.39 is 29.1 Å². The maximum Gasteiger partial charge on any atom is 0.416 e. The molecule has 0 radical (unpaired) electrons. The first kappa shape index (κ1) is 26.8. The van der Waals surface area contributed by atoms with E-state index in [1.165, 1.54) is 36.7 Å². The summed E-state index contributed by atoms with van der Waals surface area (Å²) in [6.45, 7) is 2.93. The van der Waals surface area contributed by atoms with Gasteiger partial charge in [0.1, 0.15) is 23.1 Å². The molecule has 0 aliphatic rings. The summed E-state index contributed by atoms with van der Waals surface area (Å²) in [4.78, 5) is 15.8. The standard InChI is InChI=1S/C28H25F4N3O3/c1-27(2,26(36)37)38-21-16-10-18(11-17-21)6-5-9-24-33-25(19-12-14-20(15-13-19)28(30,31)32)34-35(24)23-8-4-3-7-22(23)29/h3-4,7-8,10-17H,5-6,9H2,1-2H3,(H,36,37). The highest BCUT2D eigenvalue weighted by molar-refractivity contribution is 5.76. The van der Waals surface area contributed by atoms with Crippen LogP contribution in [0.15, 0.2) is 72.8 Å². The van der Waals surface area contributed by atoms with E-state index in [2.05, 4.69) is 10.1 Å². The number of rotatable bonds is 9. The molecule has 1 aromatic heterocycles. The minimum atomic E-state index is -4.46. The van der Waals surface area contributed by atoms with Crippen LogP contribution in [0.4, 0.5) is 17.6 Å². The Morgan fingerprint density at radius 1 is 0.947 bits per heavy atom. The van der Waals surface area contributed by atoms with Gasteiger partial charge in [-0.1, -0.05) is 36.4 Å². The summed E-state index contributed by atoms with van der Waals surface area (Å²) in [6, 6.07) is 17.7. The number of hydrogen-bond donors (Lipinski definition) is 1. The second-order valence-corrected chi connectivity index (χ2v) is 9.20. The average Bonchev–Trinajstić information content (AvgIpc) is 3.28. The van der Waals surface area contributed by atoms with Gasteiger partial charge in [-0.2, -0.15) is 13.2 Å². The molecule has 0 amide bonds. The Kier molecular flexibility index (Phi) is 7.52. The number of aromatic nitrogens is 3. The van der Waals surface area contributed by atoms with Crippen LogP contribution < -0.4 is 4.74 Å². The zero-order valence-corrected chi connectivity index (χ0v) is 20.7. The van der Waals surface area contributed by atoms with Crippen LogP contribution in [0.25, 0.3) is 17.1 Å². The van der Waals surface area contributed by atoms with Gasteiger partial charge in [-0.15, -0.1) is 5.10 Å². The van der Waals surface area contributed by atoms with Crippen LogP contribution in [-0.4, -0.2) is 31.4 Å². The number of aryl methyl sites for hydroxylation is 2. The summed E-state index contributed by atoms with van der Waals surface area (Å²) in [6.07, 6.45) is -2.77. The molecule has 0 fully saturated rings. The summed E-state index contributed by atoms with van der Waals surface area (Å²) >= 11 is 0. The maximum atomic E-state index is 14.6. The van der Waals surface area contributed by atoms with Crippen molar-refractivity contribution in [2.24, 2.45) is 0 Å². The molecule has 0 spiro atoms. The Labute approximate surface area is 216 Å². The molecule has 0 atom stereocenters. The second-order valence-electron chi connectivity index (χ2n) is 9.20. The molecular formula is C28H25F4N3O3. The van der Waals surface area contributed by atoms with E-state index in [9.17, 15) is 27.5 Å². The van der Waals surface area contributed by atoms with Gasteiger partial charge < -0.3 is 9.84 Å². The van der Waals surface area contributed by atoms with Crippen molar-refractivity contribution in [1.82, 2.24) is 14.8 Å². The molecule has 1 heterocycles. The average molecular weight is 528 g/mol. The van der Waals surface area contributed by atoms with Gasteiger partial charge in [-0.3, -0.25) is 0 Å². The van der Waals surface area contributed by atoms with Crippen molar-refractivity contribution in [1.29, 1.82) is 0 Å². The summed E-state index contributed by atoms with van der Waals surface area (Å²) in [5.41, 5.74) is -0.587. The number of benzene rings is 3. The lowest BCUT2D eigenvalue weighted by atomic mass is 10.1. The van der Waals surface area contributed by atoms with Gasteiger partial charge in [0.15, 0.2) is 11.4 Å². The summed E-state index contributed by atoms with van der Waals surface area (Å²) in [7, 11) is 0. The molecule has 38 heavy (non-hydrogen) atoms. The number of halogens is 4.